The minimum absolute atomic E-state index is 0.317. The number of carbonyl (C=O) groups is 1. The van der Waals surface area contributed by atoms with Gasteiger partial charge >= 0.3 is 5.97 Å². The van der Waals surface area contributed by atoms with Crippen molar-refractivity contribution in [2.75, 3.05) is 0 Å². The van der Waals surface area contributed by atoms with E-state index in [4.69, 9.17) is 5.11 Å². The molecule has 0 spiro atoms. The van der Waals surface area contributed by atoms with Crippen molar-refractivity contribution in [3.8, 4) is 0 Å². The third-order valence-corrected chi connectivity index (χ3v) is 2.32. The zero-order chi connectivity index (χ0) is 11.0. The second-order valence-electron chi connectivity index (χ2n) is 3.64. The maximum Gasteiger partial charge on any atom is 0.336 e. The first-order chi connectivity index (χ1) is 7.08. The van der Waals surface area contributed by atoms with Gasteiger partial charge in [0, 0.05) is 11.1 Å². The lowest BCUT2D eigenvalue weighted by Crippen LogP contribution is -2.00. The highest BCUT2D eigenvalue weighted by Gasteiger charge is 2.09. The van der Waals surface area contributed by atoms with Crippen LogP contribution in [-0.2, 0) is 0 Å². The third kappa shape index (κ3) is 1.68. The number of fused-ring (bicyclic) bond motifs is 1. The van der Waals surface area contributed by atoms with E-state index in [0.29, 0.717) is 10.9 Å². The molecule has 3 heteroatoms. The van der Waals surface area contributed by atoms with Gasteiger partial charge in [0.05, 0.1) is 11.1 Å². The summed E-state index contributed by atoms with van der Waals surface area (Å²) in [6.07, 6.45) is 0. The van der Waals surface area contributed by atoms with Gasteiger partial charge in [0.25, 0.3) is 0 Å². The van der Waals surface area contributed by atoms with Gasteiger partial charge in [-0.1, -0.05) is 12.1 Å². The highest BCUT2D eigenvalue weighted by Crippen LogP contribution is 2.19. The van der Waals surface area contributed by atoms with E-state index in [1.54, 1.807) is 19.1 Å². The van der Waals surface area contributed by atoms with Gasteiger partial charge in [0.1, 0.15) is 0 Å². The first-order valence-corrected chi connectivity index (χ1v) is 4.69. The van der Waals surface area contributed by atoms with Gasteiger partial charge in [-0.25, -0.2) is 4.79 Å². The van der Waals surface area contributed by atoms with Crippen molar-refractivity contribution in [2.24, 2.45) is 0 Å². The number of aryl methyl sites for hydroxylation is 2. The largest absolute Gasteiger partial charge is 0.478 e. The van der Waals surface area contributed by atoms with Crippen LogP contribution in [0.4, 0.5) is 0 Å². The maximum absolute atomic E-state index is 11.0. The Morgan fingerprint density at radius 3 is 2.67 bits per heavy atom. The summed E-state index contributed by atoms with van der Waals surface area (Å²) in [5.41, 5.74) is 2.87. The van der Waals surface area contributed by atoms with Crippen LogP contribution in [0.1, 0.15) is 21.6 Å². The Morgan fingerprint density at radius 2 is 2.00 bits per heavy atom. The molecule has 0 fully saturated rings. The summed E-state index contributed by atoms with van der Waals surface area (Å²) in [6.45, 7) is 3.76. The summed E-state index contributed by atoms with van der Waals surface area (Å²) in [5.74, 6) is -0.908. The van der Waals surface area contributed by atoms with Crippen LogP contribution < -0.4 is 0 Å². The molecule has 1 N–H and O–H groups in total. The van der Waals surface area contributed by atoms with Gasteiger partial charge in [-0.2, -0.15) is 0 Å². The summed E-state index contributed by atoms with van der Waals surface area (Å²) in [5, 5.41) is 9.74. The summed E-state index contributed by atoms with van der Waals surface area (Å²) in [6, 6.07) is 7.20. The molecule has 0 aliphatic carbocycles. The molecule has 15 heavy (non-hydrogen) atoms. The van der Waals surface area contributed by atoms with Crippen LogP contribution in [0.15, 0.2) is 24.3 Å². The molecule has 0 aliphatic rings. The predicted octanol–water partition coefficient (Wildman–Crippen LogP) is 2.55. The fraction of sp³-hybridized carbons (Fsp3) is 0.167. The number of nitrogens with zero attached hydrogens (tertiary/aromatic N) is 1. The van der Waals surface area contributed by atoms with E-state index in [9.17, 15) is 4.79 Å². The van der Waals surface area contributed by atoms with Crippen LogP contribution in [0.2, 0.25) is 0 Å². The molecule has 0 bridgehead atoms. The third-order valence-electron chi connectivity index (χ3n) is 2.32. The minimum Gasteiger partial charge on any atom is -0.478 e. The number of aromatic carboxylic acids is 1. The van der Waals surface area contributed by atoms with E-state index >= 15 is 0 Å². The molecule has 0 saturated carbocycles. The number of hydrogen-bond donors (Lipinski definition) is 1. The molecule has 0 amide bonds. The standard InChI is InChI=1S/C12H11NO2/c1-7-3-4-9-10(12(14)15)6-8(2)13-11(9)5-7/h3-6H,1-2H3,(H,14,15). The SMILES string of the molecule is Cc1ccc2c(C(=O)O)cc(C)nc2c1. The van der Waals surface area contributed by atoms with Gasteiger partial charge in [-0.05, 0) is 31.5 Å². The molecule has 2 aromatic rings. The number of benzene rings is 1. The molecule has 76 valence electrons. The molecule has 1 aromatic carbocycles. The Labute approximate surface area is 87.4 Å². The number of hydrogen-bond acceptors (Lipinski definition) is 2. The molecule has 0 unspecified atom stereocenters. The van der Waals surface area contributed by atoms with Gasteiger partial charge in [-0.3, -0.25) is 4.98 Å². The molecular weight excluding hydrogens is 190 g/mol. The molecule has 0 saturated heterocycles. The normalized spacial score (nSPS) is 10.5. The molecule has 2 rings (SSSR count). The van der Waals surface area contributed by atoms with Crippen LogP contribution in [0, 0.1) is 13.8 Å². The van der Waals surface area contributed by atoms with Crippen molar-refractivity contribution in [1.82, 2.24) is 4.98 Å². The van der Waals surface area contributed by atoms with Crippen LogP contribution in [-0.4, -0.2) is 16.1 Å². The van der Waals surface area contributed by atoms with Crippen molar-refractivity contribution in [1.29, 1.82) is 0 Å². The van der Waals surface area contributed by atoms with E-state index in [1.807, 2.05) is 19.1 Å². The van der Waals surface area contributed by atoms with E-state index in [-0.39, 0.29) is 0 Å². The number of carboxylic acids is 1. The van der Waals surface area contributed by atoms with Crippen molar-refractivity contribution in [3.63, 3.8) is 0 Å². The van der Waals surface area contributed by atoms with Gasteiger partial charge in [0.2, 0.25) is 0 Å². The summed E-state index contributed by atoms with van der Waals surface area (Å²) < 4.78 is 0. The molecule has 1 heterocycles. The second-order valence-corrected chi connectivity index (χ2v) is 3.64. The topological polar surface area (TPSA) is 50.2 Å². The summed E-state index contributed by atoms with van der Waals surface area (Å²) in [4.78, 5) is 15.3. The lowest BCUT2D eigenvalue weighted by atomic mass is 10.1. The lowest BCUT2D eigenvalue weighted by molar-refractivity contribution is 0.0699. The molecule has 0 aliphatic heterocycles. The van der Waals surface area contributed by atoms with E-state index in [2.05, 4.69) is 4.98 Å². The predicted molar refractivity (Wildman–Crippen MR) is 58.2 cm³/mol. The Bertz CT molecular complexity index is 541. The van der Waals surface area contributed by atoms with Gasteiger partial charge in [0.15, 0.2) is 0 Å². The van der Waals surface area contributed by atoms with Gasteiger partial charge < -0.3 is 5.11 Å². The monoisotopic (exact) mass is 201 g/mol. The average molecular weight is 201 g/mol. The Hall–Kier alpha value is -1.90. The Kier molecular flexibility index (Phi) is 2.15. The van der Waals surface area contributed by atoms with Gasteiger partial charge in [-0.15, -0.1) is 0 Å². The fourth-order valence-corrected chi connectivity index (χ4v) is 1.65. The number of carboxylic acid groups (broad SMARTS) is 1. The van der Waals surface area contributed by atoms with Crippen LogP contribution >= 0.6 is 0 Å². The molecular formula is C12H11NO2. The van der Waals surface area contributed by atoms with Crippen LogP contribution in [0.25, 0.3) is 10.9 Å². The summed E-state index contributed by atoms with van der Waals surface area (Å²) in [7, 11) is 0. The zero-order valence-corrected chi connectivity index (χ0v) is 8.61. The van der Waals surface area contributed by atoms with Crippen LogP contribution in [0.5, 0.6) is 0 Å². The van der Waals surface area contributed by atoms with Crippen molar-refractivity contribution in [3.05, 3.63) is 41.1 Å². The Balaban J connectivity index is 2.86. The van der Waals surface area contributed by atoms with E-state index in [0.717, 1.165) is 16.8 Å². The lowest BCUT2D eigenvalue weighted by Gasteiger charge is -2.04. The first-order valence-electron chi connectivity index (χ1n) is 4.69. The molecule has 0 radical (unpaired) electrons. The highest BCUT2D eigenvalue weighted by molar-refractivity contribution is 6.02. The molecule has 1 aromatic heterocycles. The minimum atomic E-state index is -0.908. The van der Waals surface area contributed by atoms with E-state index < -0.39 is 5.97 Å². The zero-order valence-electron chi connectivity index (χ0n) is 8.61. The van der Waals surface area contributed by atoms with Crippen LogP contribution in [0.3, 0.4) is 0 Å². The van der Waals surface area contributed by atoms with Crippen molar-refractivity contribution >= 4 is 16.9 Å². The average Bonchev–Trinajstić information content (AvgIpc) is 2.15. The maximum atomic E-state index is 11.0. The van der Waals surface area contributed by atoms with Crippen molar-refractivity contribution in [2.45, 2.75) is 13.8 Å². The fourth-order valence-electron chi connectivity index (χ4n) is 1.65. The van der Waals surface area contributed by atoms with E-state index in [1.165, 1.54) is 0 Å². The highest BCUT2D eigenvalue weighted by atomic mass is 16.4. The first kappa shape index (κ1) is 9.65. The summed E-state index contributed by atoms with van der Waals surface area (Å²) >= 11 is 0. The number of aromatic nitrogens is 1. The number of rotatable bonds is 1. The quantitative estimate of drug-likeness (QED) is 0.771. The second kappa shape index (κ2) is 3.35. The molecule has 0 atom stereocenters. The number of pyridine rings is 1. The van der Waals surface area contributed by atoms with Crippen molar-refractivity contribution < 1.29 is 9.90 Å². The smallest absolute Gasteiger partial charge is 0.336 e. The molecule has 3 nitrogen and oxygen atoms in total. The Morgan fingerprint density at radius 1 is 1.27 bits per heavy atom.